The van der Waals surface area contributed by atoms with Gasteiger partial charge in [0.2, 0.25) is 0 Å². The first-order valence-electron chi connectivity index (χ1n) is 6.57. The molecule has 2 aromatic carbocycles. The second kappa shape index (κ2) is 7.78. The van der Waals surface area contributed by atoms with Gasteiger partial charge in [-0.1, -0.05) is 24.3 Å². The van der Waals surface area contributed by atoms with Crippen molar-refractivity contribution in [3.63, 3.8) is 0 Å². The average molecular weight is 290 g/mol. The minimum atomic E-state index is -1.72. The van der Waals surface area contributed by atoms with Crippen molar-refractivity contribution >= 4 is 12.6 Å². The monoisotopic (exact) mass is 290 g/mol. The Balaban J connectivity index is 1.78. The number of hydrogen-bond acceptors (Lipinski definition) is 4. The molecule has 21 heavy (non-hydrogen) atoms. The Hall–Kier alpha value is -1.89. The molecule has 4 nitrogen and oxygen atoms in total. The standard InChI is InChI=1S/C15H16BFO4/c17-13-7-6-12(15(10-13)16(18)19)11-20-8-9-21-14-4-2-1-3-5-14/h1-7,10,18-19H,8-9,11H2. The summed E-state index contributed by atoms with van der Waals surface area (Å²) in [6.45, 7) is 0.876. The highest BCUT2D eigenvalue weighted by Gasteiger charge is 2.16. The van der Waals surface area contributed by atoms with Gasteiger partial charge in [0.1, 0.15) is 18.2 Å². The number of ether oxygens (including phenoxy) is 2. The summed E-state index contributed by atoms with van der Waals surface area (Å²) in [5.41, 5.74) is 0.644. The first-order chi connectivity index (χ1) is 10.2. The van der Waals surface area contributed by atoms with Crippen molar-refractivity contribution in [2.24, 2.45) is 0 Å². The van der Waals surface area contributed by atoms with Crippen LogP contribution in [-0.2, 0) is 11.3 Å². The summed E-state index contributed by atoms with van der Waals surface area (Å²) in [4.78, 5) is 0. The third-order valence-electron chi connectivity index (χ3n) is 2.88. The lowest BCUT2D eigenvalue weighted by molar-refractivity contribution is 0.0892. The van der Waals surface area contributed by atoms with Gasteiger partial charge < -0.3 is 19.5 Å². The molecule has 110 valence electrons. The van der Waals surface area contributed by atoms with Gasteiger partial charge >= 0.3 is 7.12 Å². The average Bonchev–Trinajstić information content (AvgIpc) is 2.49. The van der Waals surface area contributed by atoms with Gasteiger partial charge in [0.25, 0.3) is 0 Å². The van der Waals surface area contributed by atoms with Gasteiger partial charge in [-0.3, -0.25) is 0 Å². The highest BCUT2D eigenvalue weighted by Crippen LogP contribution is 2.08. The maximum atomic E-state index is 13.1. The van der Waals surface area contributed by atoms with E-state index in [9.17, 15) is 14.4 Å². The molecule has 0 saturated heterocycles. The van der Waals surface area contributed by atoms with Gasteiger partial charge in [-0.15, -0.1) is 0 Å². The molecule has 0 fully saturated rings. The molecule has 0 aliphatic rings. The summed E-state index contributed by atoms with van der Waals surface area (Å²) in [7, 11) is -1.72. The van der Waals surface area contributed by atoms with Crippen LogP contribution in [0.3, 0.4) is 0 Å². The molecule has 2 rings (SSSR count). The Morgan fingerprint density at radius 2 is 1.76 bits per heavy atom. The fourth-order valence-corrected chi connectivity index (χ4v) is 1.85. The summed E-state index contributed by atoms with van der Waals surface area (Å²) in [5, 5.41) is 18.4. The highest BCUT2D eigenvalue weighted by molar-refractivity contribution is 6.59. The zero-order valence-electron chi connectivity index (χ0n) is 11.4. The minimum Gasteiger partial charge on any atom is -0.491 e. The van der Waals surface area contributed by atoms with Crippen molar-refractivity contribution in [2.75, 3.05) is 13.2 Å². The van der Waals surface area contributed by atoms with E-state index in [1.807, 2.05) is 30.3 Å². The van der Waals surface area contributed by atoms with E-state index in [2.05, 4.69) is 0 Å². The van der Waals surface area contributed by atoms with Crippen LogP contribution in [0.5, 0.6) is 5.75 Å². The van der Waals surface area contributed by atoms with Crippen LogP contribution < -0.4 is 10.2 Å². The van der Waals surface area contributed by atoms with E-state index in [4.69, 9.17) is 9.47 Å². The number of para-hydroxylation sites is 1. The van der Waals surface area contributed by atoms with Crippen LogP contribution >= 0.6 is 0 Å². The molecule has 0 unspecified atom stereocenters. The molecule has 0 saturated carbocycles. The lowest BCUT2D eigenvalue weighted by Crippen LogP contribution is -2.33. The molecular formula is C15H16BFO4. The Labute approximate surface area is 122 Å². The lowest BCUT2D eigenvalue weighted by atomic mass is 9.77. The van der Waals surface area contributed by atoms with E-state index in [1.165, 1.54) is 12.1 Å². The van der Waals surface area contributed by atoms with E-state index in [0.29, 0.717) is 18.8 Å². The summed E-state index contributed by atoms with van der Waals surface area (Å²) < 4.78 is 23.9. The Morgan fingerprint density at radius 1 is 1.00 bits per heavy atom. The van der Waals surface area contributed by atoms with Crippen LogP contribution in [0, 0.1) is 5.82 Å². The van der Waals surface area contributed by atoms with Crippen LogP contribution in [0.1, 0.15) is 5.56 Å². The molecular weight excluding hydrogens is 274 g/mol. The Morgan fingerprint density at radius 3 is 2.48 bits per heavy atom. The maximum absolute atomic E-state index is 13.1. The summed E-state index contributed by atoms with van der Waals surface area (Å²) >= 11 is 0. The molecule has 0 aromatic heterocycles. The van der Waals surface area contributed by atoms with Gasteiger partial charge in [-0.05, 0) is 35.3 Å². The molecule has 0 amide bonds. The van der Waals surface area contributed by atoms with Crippen molar-refractivity contribution < 1.29 is 23.9 Å². The second-order valence-corrected chi connectivity index (χ2v) is 4.43. The van der Waals surface area contributed by atoms with Gasteiger partial charge in [0.05, 0.1) is 13.2 Å². The molecule has 0 aliphatic carbocycles. The molecule has 0 aliphatic heterocycles. The number of rotatable bonds is 7. The predicted octanol–water partition coefficient (Wildman–Crippen LogP) is 1.10. The molecule has 2 aromatic rings. The smallest absolute Gasteiger partial charge is 0.488 e. The van der Waals surface area contributed by atoms with Crippen LogP contribution in [0.15, 0.2) is 48.5 Å². The summed E-state index contributed by atoms with van der Waals surface area (Å²) in [5.74, 6) is 0.239. The first kappa shape index (κ1) is 15.5. The van der Waals surface area contributed by atoms with Gasteiger partial charge in [-0.2, -0.15) is 0 Å². The zero-order chi connectivity index (χ0) is 15.1. The Kier molecular flexibility index (Phi) is 5.74. The fourth-order valence-electron chi connectivity index (χ4n) is 1.85. The molecule has 0 radical (unpaired) electrons. The maximum Gasteiger partial charge on any atom is 0.488 e. The molecule has 6 heteroatoms. The quantitative estimate of drug-likeness (QED) is 0.592. The fraction of sp³-hybridized carbons (Fsp3) is 0.200. The van der Waals surface area contributed by atoms with E-state index in [-0.39, 0.29) is 12.1 Å². The topological polar surface area (TPSA) is 58.9 Å². The third-order valence-corrected chi connectivity index (χ3v) is 2.88. The van der Waals surface area contributed by atoms with Crippen LogP contribution in [-0.4, -0.2) is 30.4 Å². The minimum absolute atomic E-state index is 0.110. The van der Waals surface area contributed by atoms with Crippen LogP contribution in [0.4, 0.5) is 4.39 Å². The van der Waals surface area contributed by atoms with Crippen LogP contribution in [0.25, 0.3) is 0 Å². The lowest BCUT2D eigenvalue weighted by Gasteiger charge is -2.10. The van der Waals surface area contributed by atoms with Gasteiger partial charge in [0, 0.05) is 0 Å². The third kappa shape index (κ3) is 4.86. The van der Waals surface area contributed by atoms with Gasteiger partial charge in [0.15, 0.2) is 0 Å². The SMILES string of the molecule is OB(O)c1cc(F)ccc1COCCOc1ccccc1. The van der Waals surface area contributed by atoms with Crippen molar-refractivity contribution in [3.05, 3.63) is 59.9 Å². The van der Waals surface area contributed by atoms with Crippen LogP contribution in [0.2, 0.25) is 0 Å². The normalized spacial score (nSPS) is 10.4. The molecule has 0 heterocycles. The van der Waals surface area contributed by atoms with E-state index in [0.717, 1.165) is 11.8 Å². The van der Waals surface area contributed by atoms with Crippen molar-refractivity contribution in [3.8, 4) is 5.75 Å². The van der Waals surface area contributed by atoms with E-state index >= 15 is 0 Å². The zero-order valence-corrected chi connectivity index (χ0v) is 11.4. The molecule has 2 N–H and O–H groups in total. The second-order valence-electron chi connectivity index (χ2n) is 4.43. The van der Waals surface area contributed by atoms with E-state index < -0.39 is 12.9 Å². The molecule has 0 bridgehead atoms. The number of benzene rings is 2. The summed E-state index contributed by atoms with van der Waals surface area (Å²) in [6.07, 6.45) is 0. The molecule has 0 atom stereocenters. The van der Waals surface area contributed by atoms with Crippen molar-refractivity contribution in [1.29, 1.82) is 0 Å². The molecule has 0 spiro atoms. The van der Waals surface area contributed by atoms with E-state index in [1.54, 1.807) is 0 Å². The number of halogens is 1. The summed E-state index contributed by atoms with van der Waals surface area (Å²) in [6, 6.07) is 13.2. The Bertz CT molecular complexity index is 563. The highest BCUT2D eigenvalue weighted by atomic mass is 19.1. The predicted molar refractivity (Wildman–Crippen MR) is 77.8 cm³/mol. The largest absolute Gasteiger partial charge is 0.491 e. The first-order valence-corrected chi connectivity index (χ1v) is 6.57. The number of hydrogen-bond donors (Lipinski definition) is 2. The van der Waals surface area contributed by atoms with Crippen molar-refractivity contribution in [1.82, 2.24) is 0 Å². The van der Waals surface area contributed by atoms with Gasteiger partial charge in [-0.25, -0.2) is 4.39 Å². The van der Waals surface area contributed by atoms with Crippen molar-refractivity contribution in [2.45, 2.75) is 6.61 Å².